The Balaban J connectivity index is 1.09. The number of H-pyrrole nitrogens is 1. The van der Waals surface area contributed by atoms with Crippen LogP contribution in [0.3, 0.4) is 0 Å². The van der Waals surface area contributed by atoms with Crippen molar-refractivity contribution in [1.82, 2.24) is 9.78 Å². The van der Waals surface area contributed by atoms with Gasteiger partial charge >= 0.3 is 5.97 Å². The standard InChI is InChI=1S/C63H71Cl4N5O9/c1-8-62(4,5)41-32-33-50(45(35-41)63(6,7)9-2)80-58(67)60(78)69-43-28-23-25-40(34-43)59(77)70-52-38-54(76)72(71-52)57-47(65)36-46(64)55(56(57)66)61(79)81-51(49(74)37-48(73)44-29-22-21-24-39(44)3)30-19-14-12-10-11-13-15-20-31-53(75)68-42-26-17-16-18-27-42/h16-18,21-29,32-36,38,51,58,71H,8-15,19-20,30-31,37H2,1-7H3,(H,68,75)(H,69,78)(H,70,77). The van der Waals surface area contributed by atoms with E-state index in [-0.39, 0.29) is 56.0 Å². The summed E-state index contributed by atoms with van der Waals surface area (Å²) in [6.45, 7) is 14.6. The average Bonchev–Trinajstić information content (AvgIpc) is 4.09. The van der Waals surface area contributed by atoms with E-state index < -0.39 is 63.6 Å². The van der Waals surface area contributed by atoms with Crippen molar-refractivity contribution in [3.8, 4) is 11.4 Å². The van der Waals surface area contributed by atoms with Crippen LogP contribution in [0, 0.1) is 6.92 Å². The molecule has 6 rings (SSSR count). The molecular weight excluding hydrogens is 1110 g/mol. The zero-order valence-corrected chi connectivity index (χ0v) is 49.9. The molecule has 0 aliphatic heterocycles. The van der Waals surface area contributed by atoms with Gasteiger partial charge in [0, 0.05) is 40.6 Å². The zero-order chi connectivity index (χ0) is 59.0. The van der Waals surface area contributed by atoms with Crippen LogP contribution in [-0.4, -0.2) is 56.7 Å². The molecular formula is C63H71Cl4N5O9. The van der Waals surface area contributed by atoms with Crippen LogP contribution in [0.25, 0.3) is 5.69 Å². The second-order valence-corrected chi connectivity index (χ2v) is 23.0. The highest BCUT2D eigenvalue weighted by molar-refractivity contribution is 6.44. The molecule has 0 spiro atoms. The number of aromatic nitrogens is 2. The van der Waals surface area contributed by atoms with Crippen molar-refractivity contribution in [1.29, 1.82) is 0 Å². The number of para-hydroxylation sites is 1. The van der Waals surface area contributed by atoms with Crippen molar-refractivity contribution in [2.45, 2.75) is 154 Å². The molecule has 2 unspecified atom stereocenters. The van der Waals surface area contributed by atoms with E-state index in [0.717, 1.165) is 78.9 Å². The topological polar surface area (TPSA) is 195 Å². The minimum absolute atomic E-state index is 0.0150. The number of esters is 1. The Bertz CT molecular complexity index is 3280. The van der Waals surface area contributed by atoms with Gasteiger partial charge in [-0.25, -0.2) is 9.48 Å². The molecule has 2 atom stereocenters. The number of halogens is 4. The van der Waals surface area contributed by atoms with E-state index in [0.29, 0.717) is 36.1 Å². The average molecular weight is 1180 g/mol. The lowest BCUT2D eigenvalue weighted by Crippen LogP contribution is -2.30. The third kappa shape index (κ3) is 17.4. The molecule has 0 saturated carbocycles. The number of hydrogen-bond acceptors (Lipinski definition) is 9. The Kier molecular flexibility index (Phi) is 23.0. The van der Waals surface area contributed by atoms with Crippen molar-refractivity contribution in [2.75, 3.05) is 16.0 Å². The quantitative estimate of drug-likeness (QED) is 0.0116. The predicted molar refractivity (Wildman–Crippen MR) is 323 cm³/mol. The number of nitrogens with zero attached hydrogens (tertiary/aromatic N) is 1. The predicted octanol–water partition coefficient (Wildman–Crippen LogP) is 15.6. The number of aromatic amines is 1. The zero-order valence-electron chi connectivity index (χ0n) is 46.9. The van der Waals surface area contributed by atoms with Gasteiger partial charge in [0.05, 0.1) is 27.1 Å². The maximum absolute atomic E-state index is 14.1. The highest BCUT2D eigenvalue weighted by atomic mass is 35.5. The van der Waals surface area contributed by atoms with Gasteiger partial charge in [-0.3, -0.25) is 33.9 Å². The number of alkyl halides is 1. The first-order valence-corrected chi connectivity index (χ1v) is 29.0. The third-order valence-corrected chi connectivity index (χ3v) is 15.9. The lowest BCUT2D eigenvalue weighted by Gasteiger charge is -2.31. The summed E-state index contributed by atoms with van der Waals surface area (Å²) in [5.41, 5.74) is 1.11. The maximum atomic E-state index is 14.1. The molecule has 14 nitrogen and oxygen atoms in total. The second kappa shape index (κ2) is 29.3. The number of unbranched alkanes of at least 4 members (excludes halogenated alkanes) is 7. The van der Waals surface area contributed by atoms with Crippen molar-refractivity contribution < 1.29 is 38.2 Å². The highest BCUT2D eigenvalue weighted by Gasteiger charge is 2.32. The molecule has 0 saturated heterocycles. The van der Waals surface area contributed by atoms with Gasteiger partial charge in [-0.1, -0.05) is 187 Å². The van der Waals surface area contributed by atoms with Crippen LogP contribution >= 0.6 is 46.4 Å². The smallest absolute Gasteiger partial charge is 0.341 e. The van der Waals surface area contributed by atoms with E-state index in [4.69, 9.17) is 55.9 Å². The van der Waals surface area contributed by atoms with Crippen LogP contribution in [0.15, 0.2) is 114 Å². The van der Waals surface area contributed by atoms with Crippen molar-refractivity contribution in [3.05, 3.63) is 168 Å². The van der Waals surface area contributed by atoms with Gasteiger partial charge in [-0.15, -0.1) is 0 Å². The minimum Gasteiger partial charge on any atom is -0.465 e. The number of nitrogens with one attached hydrogen (secondary N) is 4. The van der Waals surface area contributed by atoms with Crippen LogP contribution in [0.2, 0.25) is 15.1 Å². The monoisotopic (exact) mass is 1180 g/mol. The SMILES string of the molecule is CCC(C)(C)c1ccc(OC(Cl)C(=O)Nc2cccc(C(=O)Nc3cc(=O)n(-c4c(Cl)cc(Cl)c(C(=O)OC(CCCCCCCCCCC(=O)Nc5ccccc5)C(=O)CC(=O)c5ccccc5C)c4Cl)[nH]3)c2)c(C(C)(C)CC)c1. The maximum Gasteiger partial charge on any atom is 0.341 e. The number of aryl methyl sites for hydroxylation is 1. The number of rotatable bonds is 29. The first-order chi connectivity index (χ1) is 38.5. The summed E-state index contributed by atoms with van der Waals surface area (Å²) in [5.74, 6) is -3.10. The van der Waals surface area contributed by atoms with E-state index in [1.165, 1.54) is 18.2 Å². The number of carbonyl (C=O) groups is 6. The lowest BCUT2D eigenvalue weighted by molar-refractivity contribution is -0.127. The summed E-state index contributed by atoms with van der Waals surface area (Å²) in [6, 6.07) is 30.5. The Morgan fingerprint density at radius 3 is 2.00 bits per heavy atom. The Hall–Kier alpha value is -6.71. The number of benzene rings is 5. The Labute approximate surface area is 493 Å². The van der Waals surface area contributed by atoms with Crippen LogP contribution in [-0.2, 0) is 30.0 Å². The van der Waals surface area contributed by atoms with Gasteiger partial charge in [0.1, 0.15) is 17.3 Å². The molecule has 4 N–H and O–H groups in total. The summed E-state index contributed by atoms with van der Waals surface area (Å²) in [7, 11) is 0. The number of carbonyl (C=O) groups excluding carboxylic acids is 6. The molecule has 430 valence electrons. The largest absolute Gasteiger partial charge is 0.465 e. The van der Waals surface area contributed by atoms with Gasteiger partial charge in [0.15, 0.2) is 17.7 Å². The van der Waals surface area contributed by atoms with Crippen molar-refractivity contribution in [3.63, 3.8) is 0 Å². The van der Waals surface area contributed by atoms with Gasteiger partial charge in [-0.2, -0.15) is 0 Å². The molecule has 18 heteroatoms. The first kappa shape index (κ1) is 63.5. The van der Waals surface area contributed by atoms with Gasteiger partial charge < -0.3 is 25.4 Å². The fourth-order valence-corrected chi connectivity index (χ4v) is 10.3. The summed E-state index contributed by atoms with van der Waals surface area (Å²) in [4.78, 5) is 94.3. The summed E-state index contributed by atoms with van der Waals surface area (Å²) >= 11 is 26.7. The van der Waals surface area contributed by atoms with E-state index >= 15 is 0 Å². The highest BCUT2D eigenvalue weighted by Crippen LogP contribution is 2.40. The summed E-state index contributed by atoms with van der Waals surface area (Å²) < 4.78 is 12.8. The molecule has 1 heterocycles. The normalized spacial score (nSPS) is 12.3. The lowest BCUT2D eigenvalue weighted by atomic mass is 9.76. The minimum atomic E-state index is -1.43. The molecule has 1 aromatic heterocycles. The van der Waals surface area contributed by atoms with Crippen molar-refractivity contribution in [2.24, 2.45) is 0 Å². The van der Waals surface area contributed by atoms with Crippen molar-refractivity contribution >= 4 is 98.9 Å². The number of amides is 3. The van der Waals surface area contributed by atoms with Crippen LogP contribution < -0.4 is 26.2 Å². The molecule has 0 bridgehead atoms. The van der Waals surface area contributed by atoms with E-state index in [1.807, 2.05) is 42.5 Å². The molecule has 0 fully saturated rings. The van der Waals surface area contributed by atoms with Gasteiger partial charge in [0.2, 0.25) is 5.91 Å². The fourth-order valence-electron chi connectivity index (χ4n) is 9.02. The van der Waals surface area contributed by atoms with Crippen LogP contribution in [0.4, 0.5) is 17.2 Å². The number of ether oxygens (including phenoxy) is 2. The number of hydrogen-bond donors (Lipinski definition) is 4. The second-order valence-electron chi connectivity index (χ2n) is 21.4. The fraction of sp³-hybridized carbons (Fsp3) is 0.381. The number of ketones is 2. The molecule has 3 amide bonds. The third-order valence-electron chi connectivity index (χ3n) is 14.7. The van der Waals surface area contributed by atoms with E-state index in [2.05, 4.69) is 68.7 Å². The van der Waals surface area contributed by atoms with Crippen LogP contribution in [0.5, 0.6) is 5.75 Å². The Morgan fingerprint density at radius 1 is 0.679 bits per heavy atom. The summed E-state index contributed by atoms with van der Waals surface area (Å²) in [6.07, 6.45) is 7.02. The van der Waals surface area contributed by atoms with Gasteiger partial charge in [-0.05, 0) is 103 Å². The molecule has 5 aromatic carbocycles. The molecule has 0 radical (unpaired) electrons. The number of anilines is 3. The van der Waals surface area contributed by atoms with Gasteiger partial charge in [0.25, 0.3) is 22.9 Å². The molecule has 0 aliphatic carbocycles. The molecule has 0 aliphatic rings. The van der Waals surface area contributed by atoms with E-state index in [9.17, 15) is 33.6 Å². The summed E-state index contributed by atoms with van der Waals surface area (Å²) in [5, 5.41) is 10.2. The first-order valence-electron chi connectivity index (χ1n) is 27.4. The molecule has 81 heavy (non-hydrogen) atoms. The van der Waals surface area contributed by atoms with Crippen LogP contribution in [0.1, 0.15) is 173 Å². The Morgan fingerprint density at radius 2 is 1.32 bits per heavy atom. The van der Waals surface area contributed by atoms with E-state index in [1.54, 1.807) is 43.3 Å². The molecule has 6 aromatic rings. The number of Topliss-reactive ketones (excluding diaryl/α,β-unsaturated/α-hetero) is 2.